The topological polar surface area (TPSA) is 21.3 Å². The second-order valence-electron chi connectivity index (χ2n) is 4.44. The van der Waals surface area contributed by atoms with E-state index in [1.807, 2.05) is 11.8 Å². The molecule has 0 aromatic heterocycles. The third kappa shape index (κ3) is 6.10. The Balaban J connectivity index is 2.27. The van der Waals surface area contributed by atoms with Crippen LogP contribution in [0, 0.1) is 5.92 Å². The maximum atomic E-state index is 5.09. The summed E-state index contributed by atoms with van der Waals surface area (Å²) in [6.07, 6.45) is 2.16. The molecule has 17 heavy (non-hydrogen) atoms. The highest BCUT2D eigenvalue weighted by Crippen LogP contribution is 2.06. The van der Waals surface area contributed by atoms with Gasteiger partial charge in [0.05, 0.1) is 6.61 Å². The summed E-state index contributed by atoms with van der Waals surface area (Å²) in [5, 5.41) is 3.49. The monoisotopic (exact) mass is 253 g/mol. The van der Waals surface area contributed by atoms with Gasteiger partial charge in [0.2, 0.25) is 0 Å². The molecule has 0 spiro atoms. The Kier molecular flexibility index (Phi) is 7.33. The second-order valence-corrected chi connectivity index (χ2v) is 5.35. The highest BCUT2D eigenvalue weighted by Gasteiger charge is 2.00. The molecule has 1 N–H and O–H groups in total. The molecule has 0 aliphatic carbocycles. The number of hydrogen-bond acceptors (Lipinski definition) is 3. The SMILES string of the molecule is COCc1ccc(CNCC(C)CSC)cc1. The standard InChI is InChI=1S/C14H23NOS/c1-12(11-17-3)8-15-9-13-4-6-14(7-5-13)10-16-2/h4-7,12,15H,8-11H2,1-3H3. The predicted octanol–water partition coefficient (Wildman–Crippen LogP) is 2.92. The summed E-state index contributed by atoms with van der Waals surface area (Å²) in [6, 6.07) is 8.60. The van der Waals surface area contributed by atoms with Crippen LogP contribution in [0.3, 0.4) is 0 Å². The van der Waals surface area contributed by atoms with Crippen LogP contribution in [0.4, 0.5) is 0 Å². The zero-order valence-corrected chi connectivity index (χ0v) is 11.8. The van der Waals surface area contributed by atoms with Gasteiger partial charge in [-0.15, -0.1) is 0 Å². The molecule has 0 bridgehead atoms. The van der Waals surface area contributed by atoms with Gasteiger partial charge in [-0.1, -0.05) is 31.2 Å². The Bertz CT molecular complexity index is 300. The molecule has 1 unspecified atom stereocenters. The van der Waals surface area contributed by atoms with E-state index in [-0.39, 0.29) is 0 Å². The summed E-state index contributed by atoms with van der Waals surface area (Å²) in [5.74, 6) is 1.96. The van der Waals surface area contributed by atoms with Crippen molar-refractivity contribution in [2.75, 3.05) is 25.7 Å². The molecule has 0 aliphatic rings. The number of methoxy groups -OCH3 is 1. The lowest BCUT2D eigenvalue weighted by Gasteiger charge is -2.11. The van der Waals surface area contributed by atoms with Crippen molar-refractivity contribution < 1.29 is 4.74 Å². The number of rotatable bonds is 8. The van der Waals surface area contributed by atoms with Crippen LogP contribution in [0.15, 0.2) is 24.3 Å². The zero-order valence-electron chi connectivity index (χ0n) is 11.0. The van der Waals surface area contributed by atoms with Gasteiger partial charge in [-0.3, -0.25) is 0 Å². The van der Waals surface area contributed by atoms with Crippen molar-refractivity contribution in [2.24, 2.45) is 5.92 Å². The molecule has 1 rings (SSSR count). The van der Waals surface area contributed by atoms with Crippen molar-refractivity contribution in [3.8, 4) is 0 Å². The highest BCUT2D eigenvalue weighted by atomic mass is 32.2. The number of ether oxygens (including phenoxy) is 1. The van der Waals surface area contributed by atoms with Gasteiger partial charge in [-0.25, -0.2) is 0 Å². The molecule has 0 heterocycles. The van der Waals surface area contributed by atoms with E-state index in [1.54, 1.807) is 7.11 Å². The number of thioether (sulfide) groups is 1. The fraction of sp³-hybridized carbons (Fsp3) is 0.571. The van der Waals surface area contributed by atoms with Crippen LogP contribution < -0.4 is 5.32 Å². The summed E-state index contributed by atoms with van der Waals surface area (Å²) < 4.78 is 5.09. The minimum atomic E-state index is 0.693. The predicted molar refractivity (Wildman–Crippen MR) is 76.4 cm³/mol. The quantitative estimate of drug-likeness (QED) is 0.769. The molecule has 1 aromatic rings. The minimum absolute atomic E-state index is 0.693. The maximum Gasteiger partial charge on any atom is 0.0713 e. The van der Waals surface area contributed by atoms with Crippen LogP contribution in [-0.4, -0.2) is 25.7 Å². The summed E-state index contributed by atoms with van der Waals surface area (Å²) in [4.78, 5) is 0. The van der Waals surface area contributed by atoms with Crippen LogP contribution in [0.2, 0.25) is 0 Å². The largest absolute Gasteiger partial charge is 0.380 e. The van der Waals surface area contributed by atoms with E-state index in [0.717, 1.165) is 19.0 Å². The van der Waals surface area contributed by atoms with Gasteiger partial charge >= 0.3 is 0 Å². The normalized spacial score (nSPS) is 12.6. The lowest BCUT2D eigenvalue weighted by molar-refractivity contribution is 0.185. The van der Waals surface area contributed by atoms with Gasteiger partial charge < -0.3 is 10.1 Å². The number of benzene rings is 1. The first-order valence-electron chi connectivity index (χ1n) is 6.02. The van der Waals surface area contributed by atoms with Crippen LogP contribution in [0.5, 0.6) is 0 Å². The molecular weight excluding hydrogens is 230 g/mol. The first kappa shape index (κ1) is 14.6. The van der Waals surface area contributed by atoms with Crippen molar-refractivity contribution in [3.63, 3.8) is 0 Å². The Morgan fingerprint density at radius 3 is 2.47 bits per heavy atom. The fourth-order valence-corrected chi connectivity index (χ4v) is 2.41. The van der Waals surface area contributed by atoms with E-state index in [9.17, 15) is 0 Å². The zero-order chi connectivity index (χ0) is 12.5. The van der Waals surface area contributed by atoms with Gasteiger partial charge in [0.15, 0.2) is 0 Å². The highest BCUT2D eigenvalue weighted by molar-refractivity contribution is 7.98. The Morgan fingerprint density at radius 1 is 1.24 bits per heavy atom. The molecule has 0 saturated carbocycles. The summed E-state index contributed by atoms with van der Waals surface area (Å²) in [7, 11) is 1.72. The van der Waals surface area contributed by atoms with Gasteiger partial charge in [-0.2, -0.15) is 11.8 Å². The van der Waals surface area contributed by atoms with Crippen LogP contribution >= 0.6 is 11.8 Å². The van der Waals surface area contributed by atoms with Crippen molar-refractivity contribution in [1.29, 1.82) is 0 Å². The molecule has 0 saturated heterocycles. The van der Waals surface area contributed by atoms with E-state index < -0.39 is 0 Å². The molecule has 1 aromatic carbocycles. The number of nitrogens with one attached hydrogen (secondary N) is 1. The first-order valence-corrected chi connectivity index (χ1v) is 7.42. The minimum Gasteiger partial charge on any atom is -0.380 e. The summed E-state index contributed by atoms with van der Waals surface area (Å²) >= 11 is 1.91. The van der Waals surface area contributed by atoms with Crippen LogP contribution in [0.1, 0.15) is 18.1 Å². The fourth-order valence-electron chi connectivity index (χ4n) is 1.73. The molecule has 3 heteroatoms. The molecule has 2 nitrogen and oxygen atoms in total. The second kappa shape index (κ2) is 8.56. The molecule has 0 radical (unpaired) electrons. The van der Waals surface area contributed by atoms with E-state index in [2.05, 4.69) is 42.8 Å². The lowest BCUT2D eigenvalue weighted by Crippen LogP contribution is -2.21. The molecule has 1 atom stereocenters. The molecule has 0 amide bonds. The first-order chi connectivity index (χ1) is 8.26. The lowest BCUT2D eigenvalue weighted by atomic mass is 10.1. The van der Waals surface area contributed by atoms with Crippen LogP contribution in [-0.2, 0) is 17.9 Å². The third-order valence-corrected chi connectivity index (χ3v) is 3.51. The van der Waals surface area contributed by atoms with Crippen molar-refractivity contribution in [3.05, 3.63) is 35.4 Å². The molecule has 0 aliphatic heterocycles. The average Bonchev–Trinajstić information content (AvgIpc) is 2.32. The van der Waals surface area contributed by atoms with Gasteiger partial charge in [-0.05, 0) is 35.6 Å². The average molecular weight is 253 g/mol. The molecule has 96 valence electrons. The molecular formula is C14H23NOS. The Hall–Kier alpha value is -0.510. The molecule has 0 fully saturated rings. The van der Waals surface area contributed by atoms with Crippen LogP contribution in [0.25, 0.3) is 0 Å². The smallest absolute Gasteiger partial charge is 0.0713 e. The Labute approximate surface area is 109 Å². The van der Waals surface area contributed by atoms with E-state index in [4.69, 9.17) is 4.74 Å². The van der Waals surface area contributed by atoms with E-state index >= 15 is 0 Å². The van der Waals surface area contributed by atoms with Crippen molar-refractivity contribution >= 4 is 11.8 Å². The maximum absolute atomic E-state index is 5.09. The van der Waals surface area contributed by atoms with Crippen molar-refractivity contribution in [1.82, 2.24) is 5.32 Å². The summed E-state index contributed by atoms with van der Waals surface area (Å²) in [6.45, 7) is 5.01. The van der Waals surface area contributed by atoms with Gasteiger partial charge in [0.25, 0.3) is 0 Å². The Morgan fingerprint density at radius 2 is 1.88 bits per heavy atom. The van der Waals surface area contributed by atoms with Gasteiger partial charge in [0.1, 0.15) is 0 Å². The summed E-state index contributed by atoms with van der Waals surface area (Å²) in [5.41, 5.74) is 2.56. The van der Waals surface area contributed by atoms with E-state index in [0.29, 0.717) is 6.61 Å². The van der Waals surface area contributed by atoms with E-state index in [1.165, 1.54) is 16.9 Å². The number of hydrogen-bond donors (Lipinski definition) is 1. The third-order valence-electron chi connectivity index (χ3n) is 2.61. The van der Waals surface area contributed by atoms with Crippen molar-refractivity contribution in [2.45, 2.75) is 20.1 Å². The van der Waals surface area contributed by atoms with Gasteiger partial charge in [0, 0.05) is 13.7 Å².